The van der Waals surface area contributed by atoms with Crippen molar-refractivity contribution in [1.82, 2.24) is 25.4 Å². The van der Waals surface area contributed by atoms with Crippen LogP contribution in [0.2, 0.25) is 0 Å². The number of aromatic nitrogens is 3. The highest BCUT2D eigenvalue weighted by Crippen LogP contribution is 2.45. The zero-order chi connectivity index (χ0) is 23.5. The van der Waals surface area contributed by atoms with E-state index in [9.17, 15) is 14.4 Å². The molecule has 2 aromatic carbocycles. The van der Waals surface area contributed by atoms with Crippen molar-refractivity contribution < 1.29 is 19.1 Å². The standard InChI is InChI=1S/C23H19N5O4S2/c29-13-25-17-20(30)28-18(16(11-33-21(17)28)34-23-24-12-26-27-23)22(31)32-19(14-7-3-1-4-8-14)15-9-5-2-6-10-15/h1-10,12-13,17,19,21H,11H2,(H,25,29)(H,24,26,27)/t17-,21+/m1/s1. The lowest BCUT2D eigenvalue weighted by molar-refractivity contribution is -0.154. The van der Waals surface area contributed by atoms with Gasteiger partial charge >= 0.3 is 5.97 Å². The average molecular weight is 494 g/mol. The van der Waals surface area contributed by atoms with Crippen molar-refractivity contribution in [2.45, 2.75) is 22.7 Å². The lowest BCUT2D eigenvalue weighted by Crippen LogP contribution is -2.69. The van der Waals surface area contributed by atoms with Gasteiger partial charge in [0, 0.05) is 10.7 Å². The largest absolute Gasteiger partial charge is 0.448 e. The number of amides is 2. The average Bonchev–Trinajstić information content (AvgIpc) is 3.39. The summed E-state index contributed by atoms with van der Waals surface area (Å²) < 4.78 is 6.06. The monoisotopic (exact) mass is 493 g/mol. The molecule has 34 heavy (non-hydrogen) atoms. The number of benzene rings is 2. The van der Waals surface area contributed by atoms with Gasteiger partial charge in [-0.25, -0.2) is 9.78 Å². The van der Waals surface area contributed by atoms with E-state index < -0.39 is 18.1 Å². The van der Waals surface area contributed by atoms with Gasteiger partial charge in [-0.1, -0.05) is 72.4 Å². The number of rotatable bonds is 8. The van der Waals surface area contributed by atoms with Crippen LogP contribution in [0, 0.1) is 0 Å². The van der Waals surface area contributed by atoms with Crippen molar-refractivity contribution in [3.8, 4) is 0 Å². The molecule has 11 heteroatoms. The van der Waals surface area contributed by atoms with Crippen LogP contribution in [0.3, 0.4) is 0 Å². The van der Waals surface area contributed by atoms with Gasteiger partial charge in [0.25, 0.3) is 5.91 Å². The van der Waals surface area contributed by atoms with Crippen molar-refractivity contribution in [3.63, 3.8) is 0 Å². The second kappa shape index (κ2) is 9.74. The molecule has 2 aliphatic rings. The number of esters is 1. The number of nitrogens with one attached hydrogen (secondary N) is 2. The summed E-state index contributed by atoms with van der Waals surface area (Å²) in [5.74, 6) is -0.534. The Hall–Kier alpha value is -3.57. The van der Waals surface area contributed by atoms with Gasteiger partial charge in [0.05, 0.1) is 0 Å². The van der Waals surface area contributed by atoms with E-state index in [-0.39, 0.29) is 17.0 Å². The van der Waals surface area contributed by atoms with Crippen LogP contribution >= 0.6 is 23.5 Å². The van der Waals surface area contributed by atoms with Crippen LogP contribution in [0.1, 0.15) is 17.2 Å². The number of fused-ring (bicyclic) bond motifs is 1. The first-order valence-electron chi connectivity index (χ1n) is 10.4. The third-order valence-electron chi connectivity index (χ3n) is 5.42. The van der Waals surface area contributed by atoms with E-state index in [0.29, 0.717) is 22.2 Å². The van der Waals surface area contributed by atoms with E-state index in [1.807, 2.05) is 60.7 Å². The first-order valence-corrected chi connectivity index (χ1v) is 12.3. The topological polar surface area (TPSA) is 117 Å². The Kier molecular flexibility index (Phi) is 6.37. The molecule has 5 rings (SSSR count). The smallest absolute Gasteiger partial charge is 0.356 e. The van der Waals surface area contributed by atoms with E-state index in [2.05, 4.69) is 20.5 Å². The highest BCUT2D eigenvalue weighted by Gasteiger charge is 2.54. The van der Waals surface area contributed by atoms with Crippen LogP contribution in [0.5, 0.6) is 0 Å². The molecule has 2 atom stereocenters. The summed E-state index contributed by atoms with van der Waals surface area (Å²) in [6.07, 6.45) is 1.22. The van der Waals surface area contributed by atoms with Gasteiger partial charge in [-0.3, -0.25) is 19.6 Å². The van der Waals surface area contributed by atoms with Crippen LogP contribution in [0.15, 0.2) is 82.7 Å². The number of H-pyrrole nitrogens is 1. The highest BCUT2D eigenvalue weighted by molar-refractivity contribution is 8.06. The van der Waals surface area contributed by atoms with Crippen LogP contribution in [0.4, 0.5) is 0 Å². The number of carbonyl (C=O) groups excluding carboxylic acids is 3. The molecular formula is C23H19N5O4S2. The van der Waals surface area contributed by atoms with Crippen LogP contribution < -0.4 is 5.32 Å². The molecule has 0 radical (unpaired) electrons. The van der Waals surface area contributed by atoms with Gasteiger partial charge < -0.3 is 10.1 Å². The third-order valence-corrected chi connectivity index (χ3v) is 7.85. The molecule has 0 unspecified atom stereocenters. The molecule has 0 saturated carbocycles. The summed E-state index contributed by atoms with van der Waals surface area (Å²) in [6, 6.07) is 18.2. The van der Waals surface area contributed by atoms with Crippen LogP contribution in [-0.2, 0) is 19.1 Å². The Bertz CT molecular complexity index is 1180. The number of hydrogen-bond donors (Lipinski definition) is 2. The van der Waals surface area contributed by atoms with E-state index in [1.54, 1.807) is 0 Å². The van der Waals surface area contributed by atoms with E-state index >= 15 is 0 Å². The van der Waals surface area contributed by atoms with Crippen molar-refractivity contribution in [2.24, 2.45) is 0 Å². The molecule has 2 aliphatic heterocycles. The Morgan fingerprint density at radius 1 is 1.18 bits per heavy atom. The molecule has 2 amide bonds. The minimum absolute atomic E-state index is 0.163. The Morgan fingerprint density at radius 3 is 2.44 bits per heavy atom. The second-order valence-corrected chi connectivity index (χ2v) is 9.63. The molecule has 3 aromatic rings. The molecule has 3 heterocycles. The van der Waals surface area contributed by atoms with Gasteiger partial charge in [0.15, 0.2) is 11.3 Å². The predicted octanol–water partition coefficient (Wildman–Crippen LogP) is 2.47. The number of carbonyl (C=O) groups is 3. The Labute approximate surface area is 203 Å². The van der Waals surface area contributed by atoms with Crippen molar-refractivity contribution in [2.75, 3.05) is 5.75 Å². The number of ether oxygens (including phenoxy) is 1. The number of thioether (sulfide) groups is 2. The normalized spacial score (nSPS) is 19.4. The van der Waals surface area contributed by atoms with E-state index in [1.165, 1.54) is 34.8 Å². The summed E-state index contributed by atoms with van der Waals surface area (Å²) in [5, 5.41) is 9.27. The van der Waals surface area contributed by atoms with Gasteiger partial charge in [0.1, 0.15) is 23.4 Å². The van der Waals surface area contributed by atoms with Gasteiger partial charge in [-0.15, -0.1) is 11.8 Å². The van der Waals surface area contributed by atoms with Crippen LogP contribution in [0.25, 0.3) is 0 Å². The molecule has 1 aromatic heterocycles. The SMILES string of the molecule is O=CN[C@@H]1C(=O)N2C(C(=O)OC(c3ccccc3)c3ccccc3)=C(Sc3ncn[nH]3)CS[C@@H]12. The fourth-order valence-electron chi connectivity index (χ4n) is 3.86. The molecular weight excluding hydrogens is 474 g/mol. The van der Waals surface area contributed by atoms with Crippen LogP contribution in [-0.4, -0.2) is 55.5 Å². The molecule has 2 N–H and O–H groups in total. The second-order valence-electron chi connectivity index (χ2n) is 7.44. The fourth-order valence-corrected chi connectivity index (χ4v) is 6.21. The molecule has 0 aliphatic carbocycles. The maximum absolute atomic E-state index is 13.7. The molecule has 0 spiro atoms. The minimum Gasteiger partial charge on any atom is -0.448 e. The number of aromatic amines is 1. The molecule has 0 bridgehead atoms. The molecule has 172 valence electrons. The number of nitrogens with zero attached hydrogens (tertiary/aromatic N) is 3. The summed E-state index contributed by atoms with van der Waals surface area (Å²) in [7, 11) is 0. The third kappa shape index (κ3) is 4.19. The minimum atomic E-state index is -0.679. The lowest BCUT2D eigenvalue weighted by Gasteiger charge is -2.49. The number of hydrogen-bond acceptors (Lipinski definition) is 8. The predicted molar refractivity (Wildman–Crippen MR) is 126 cm³/mol. The van der Waals surface area contributed by atoms with Gasteiger partial charge in [0.2, 0.25) is 6.41 Å². The van der Waals surface area contributed by atoms with E-state index in [4.69, 9.17) is 4.74 Å². The zero-order valence-corrected chi connectivity index (χ0v) is 19.3. The summed E-state index contributed by atoms with van der Waals surface area (Å²) in [4.78, 5) is 43.7. The summed E-state index contributed by atoms with van der Waals surface area (Å²) in [6.45, 7) is 0. The molecule has 9 nitrogen and oxygen atoms in total. The summed E-state index contributed by atoms with van der Waals surface area (Å²) >= 11 is 2.69. The maximum atomic E-state index is 13.7. The first kappa shape index (κ1) is 22.2. The van der Waals surface area contributed by atoms with Crippen molar-refractivity contribution in [3.05, 3.63) is 88.7 Å². The zero-order valence-electron chi connectivity index (χ0n) is 17.7. The Balaban J connectivity index is 1.50. The highest BCUT2D eigenvalue weighted by atomic mass is 32.2. The Morgan fingerprint density at radius 2 is 1.85 bits per heavy atom. The van der Waals surface area contributed by atoms with Crippen molar-refractivity contribution >= 4 is 41.8 Å². The van der Waals surface area contributed by atoms with E-state index in [0.717, 1.165) is 11.1 Å². The maximum Gasteiger partial charge on any atom is 0.356 e. The van der Waals surface area contributed by atoms with Gasteiger partial charge in [-0.2, -0.15) is 5.10 Å². The molecule has 1 fully saturated rings. The number of β-lactam (4-membered cyclic amide) rings is 1. The summed E-state index contributed by atoms with van der Waals surface area (Å²) in [5.41, 5.74) is 1.78. The fraction of sp³-hybridized carbons (Fsp3) is 0.174. The first-order chi connectivity index (χ1) is 16.7. The van der Waals surface area contributed by atoms with Gasteiger partial charge in [-0.05, 0) is 11.1 Å². The quantitative estimate of drug-likeness (QED) is 0.279. The molecule has 1 saturated heterocycles. The lowest BCUT2D eigenvalue weighted by atomic mass is 10.0. The van der Waals surface area contributed by atoms with Crippen molar-refractivity contribution in [1.29, 1.82) is 0 Å².